The maximum Gasteiger partial charge on any atom is 0.308 e. The van der Waals surface area contributed by atoms with Crippen molar-refractivity contribution in [2.45, 2.75) is 6.42 Å². The average molecular weight is 155 g/mol. The SMILES string of the molecule is COC(=O)[C@@H]1C[C@H]1C1CNC1. The van der Waals surface area contributed by atoms with Crippen LogP contribution in [-0.2, 0) is 9.53 Å². The average Bonchev–Trinajstić information content (AvgIpc) is 2.63. The second kappa shape index (κ2) is 2.48. The number of methoxy groups -OCH3 is 1. The van der Waals surface area contributed by atoms with Crippen LogP contribution in [0.3, 0.4) is 0 Å². The van der Waals surface area contributed by atoms with Gasteiger partial charge in [0.2, 0.25) is 0 Å². The lowest BCUT2D eigenvalue weighted by Gasteiger charge is -2.27. The normalized spacial score (nSPS) is 36.1. The molecular formula is C8H13NO2. The van der Waals surface area contributed by atoms with Crippen LogP contribution >= 0.6 is 0 Å². The largest absolute Gasteiger partial charge is 0.469 e. The molecule has 1 saturated heterocycles. The van der Waals surface area contributed by atoms with E-state index in [9.17, 15) is 4.79 Å². The van der Waals surface area contributed by atoms with Crippen LogP contribution < -0.4 is 5.32 Å². The van der Waals surface area contributed by atoms with Crippen LogP contribution in [0.15, 0.2) is 0 Å². The number of carbonyl (C=O) groups excluding carboxylic acids is 1. The van der Waals surface area contributed by atoms with Crippen LogP contribution in [-0.4, -0.2) is 26.2 Å². The van der Waals surface area contributed by atoms with Gasteiger partial charge in [-0.05, 0) is 31.3 Å². The molecule has 0 bridgehead atoms. The Kier molecular flexibility index (Phi) is 1.60. The number of carbonyl (C=O) groups is 1. The summed E-state index contributed by atoms with van der Waals surface area (Å²) in [6.07, 6.45) is 1.05. The van der Waals surface area contributed by atoms with Crippen LogP contribution in [0.4, 0.5) is 0 Å². The third-order valence-electron chi connectivity index (χ3n) is 2.76. The highest BCUT2D eigenvalue weighted by atomic mass is 16.5. The Morgan fingerprint density at radius 1 is 1.55 bits per heavy atom. The maximum atomic E-state index is 11.0. The molecule has 3 nitrogen and oxygen atoms in total. The molecule has 2 aliphatic rings. The van der Waals surface area contributed by atoms with E-state index in [1.807, 2.05) is 0 Å². The number of hydrogen-bond donors (Lipinski definition) is 1. The minimum Gasteiger partial charge on any atom is -0.469 e. The molecule has 0 aromatic carbocycles. The van der Waals surface area contributed by atoms with Gasteiger partial charge in [-0.2, -0.15) is 0 Å². The van der Waals surface area contributed by atoms with Crippen molar-refractivity contribution >= 4 is 5.97 Å². The number of rotatable bonds is 2. The summed E-state index contributed by atoms with van der Waals surface area (Å²) in [5.74, 6) is 1.59. The number of nitrogens with one attached hydrogen (secondary N) is 1. The van der Waals surface area contributed by atoms with Gasteiger partial charge >= 0.3 is 5.97 Å². The Morgan fingerprint density at radius 2 is 2.27 bits per heavy atom. The van der Waals surface area contributed by atoms with E-state index >= 15 is 0 Å². The summed E-state index contributed by atoms with van der Waals surface area (Å²) in [7, 11) is 1.47. The predicted octanol–water partition coefficient (Wildman–Crippen LogP) is 0.0149. The lowest BCUT2D eigenvalue weighted by atomic mass is 9.96. The minimum atomic E-state index is -0.0121. The molecule has 0 radical (unpaired) electrons. The smallest absolute Gasteiger partial charge is 0.308 e. The van der Waals surface area contributed by atoms with E-state index in [0.29, 0.717) is 5.92 Å². The minimum absolute atomic E-state index is 0.0121. The van der Waals surface area contributed by atoms with Gasteiger partial charge in [-0.15, -0.1) is 0 Å². The molecule has 2 rings (SSSR count). The summed E-state index contributed by atoms with van der Waals surface area (Å²) >= 11 is 0. The van der Waals surface area contributed by atoms with Gasteiger partial charge in [-0.25, -0.2) is 0 Å². The zero-order valence-corrected chi connectivity index (χ0v) is 6.67. The van der Waals surface area contributed by atoms with Gasteiger partial charge in [-0.1, -0.05) is 0 Å². The quantitative estimate of drug-likeness (QED) is 0.571. The Labute approximate surface area is 66.1 Å². The standard InChI is InChI=1S/C8H13NO2/c1-11-8(10)7-2-6(7)5-3-9-4-5/h5-7,9H,2-4H2,1H3/t6-,7+/m0/s1. The molecule has 0 aromatic heterocycles. The Morgan fingerprint density at radius 3 is 2.73 bits per heavy atom. The first-order chi connectivity index (χ1) is 5.33. The highest BCUT2D eigenvalue weighted by Gasteiger charge is 2.49. The van der Waals surface area contributed by atoms with E-state index in [1.165, 1.54) is 7.11 Å². The molecule has 1 heterocycles. The van der Waals surface area contributed by atoms with Gasteiger partial charge in [0.25, 0.3) is 0 Å². The Balaban J connectivity index is 1.80. The molecule has 2 atom stereocenters. The summed E-state index contributed by atoms with van der Waals surface area (Å²) in [5.41, 5.74) is 0. The van der Waals surface area contributed by atoms with Crippen molar-refractivity contribution in [2.75, 3.05) is 20.2 Å². The summed E-state index contributed by atoms with van der Waals surface area (Å²) in [5, 5.41) is 3.21. The fraction of sp³-hybridized carbons (Fsp3) is 0.875. The van der Waals surface area contributed by atoms with Crippen molar-refractivity contribution in [3.8, 4) is 0 Å². The van der Waals surface area contributed by atoms with Gasteiger partial charge < -0.3 is 10.1 Å². The van der Waals surface area contributed by atoms with E-state index in [2.05, 4.69) is 10.1 Å². The van der Waals surface area contributed by atoms with Crippen LogP contribution in [0.1, 0.15) is 6.42 Å². The second-order valence-electron chi connectivity index (χ2n) is 3.45. The third-order valence-corrected chi connectivity index (χ3v) is 2.76. The zero-order valence-electron chi connectivity index (χ0n) is 6.67. The van der Waals surface area contributed by atoms with Gasteiger partial charge in [-0.3, -0.25) is 4.79 Å². The highest BCUT2D eigenvalue weighted by molar-refractivity contribution is 5.75. The fourth-order valence-corrected chi connectivity index (χ4v) is 1.77. The molecule has 0 unspecified atom stereocenters. The molecule has 1 aliphatic heterocycles. The first kappa shape index (κ1) is 7.10. The van der Waals surface area contributed by atoms with E-state index in [-0.39, 0.29) is 11.9 Å². The summed E-state index contributed by atoms with van der Waals surface area (Å²) in [6, 6.07) is 0. The number of hydrogen-bond acceptors (Lipinski definition) is 3. The molecule has 11 heavy (non-hydrogen) atoms. The first-order valence-corrected chi connectivity index (χ1v) is 4.11. The Hall–Kier alpha value is -0.570. The lowest BCUT2D eigenvalue weighted by Crippen LogP contribution is -2.43. The maximum absolute atomic E-state index is 11.0. The van der Waals surface area contributed by atoms with Crippen molar-refractivity contribution in [2.24, 2.45) is 17.8 Å². The van der Waals surface area contributed by atoms with Crippen LogP contribution in [0.2, 0.25) is 0 Å². The van der Waals surface area contributed by atoms with Crippen molar-refractivity contribution in [1.82, 2.24) is 5.32 Å². The molecule has 1 N–H and O–H groups in total. The van der Waals surface area contributed by atoms with Crippen molar-refractivity contribution in [3.63, 3.8) is 0 Å². The highest BCUT2D eigenvalue weighted by Crippen LogP contribution is 2.46. The molecule has 0 spiro atoms. The van der Waals surface area contributed by atoms with Crippen LogP contribution in [0.25, 0.3) is 0 Å². The second-order valence-corrected chi connectivity index (χ2v) is 3.45. The summed E-state index contributed by atoms with van der Waals surface area (Å²) in [4.78, 5) is 11.0. The number of esters is 1. The van der Waals surface area contributed by atoms with E-state index < -0.39 is 0 Å². The first-order valence-electron chi connectivity index (χ1n) is 4.11. The zero-order chi connectivity index (χ0) is 7.84. The van der Waals surface area contributed by atoms with Gasteiger partial charge in [0, 0.05) is 0 Å². The topological polar surface area (TPSA) is 38.3 Å². The molecule has 1 saturated carbocycles. The molecular weight excluding hydrogens is 142 g/mol. The summed E-state index contributed by atoms with van der Waals surface area (Å²) in [6.45, 7) is 2.19. The molecule has 0 aromatic rings. The van der Waals surface area contributed by atoms with Gasteiger partial charge in [0.05, 0.1) is 13.0 Å². The van der Waals surface area contributed by atoms with E-state index in [0.717, 1.165) is 25.4 Å². The summed E-state index contributed by atoms with van der Waals surface area (Å²) < 4.78 is 4.66. The predicted molar refractivity (Wildman–Crippen MR) is 40.0 cm³/mol. The van der Waals surface area contributed by atoms with Crippen molar-refractivity contribution < 1.29 is 9.53 Å². The fourth-order valence-electron chi connectivity index (χ4n) is 1.77. The van der Waals surface area contributed by atoms with Crippen molar-refractivity contribution in [1.29, 1.82) is 0 Å². The molecule has 2 fully saturated rings. The molecule has 1 aliphatic carbocycles. The van der Waals surface area contributed by atoms with E-state index in [4.69, 9.17) is 0 Å². The van der Waals surface area contributed by atoms with Gasteiger partial charge in [0.1, 0.15) is 0 Å². The third kappa shape index (κ3) is 1.13. The van der Waals surface area contributed by atoms with Gasteiger partial charge in [0.15, 0.2) is 0 Å². The monoisotopic (exact) mass is 155 g/mol. The molecule has 3 heteroatoms. The van der Waals surface area contributed by atoms with Crippen LogP contribution in [0, 0.1) is 17.8 Å². The molecule has 0 amide bonds. The van der Waals surface area contributed by atoms with E-state index in [1.54, 1.807) is 0 Å². The number of ether oxygens (including phenoxy) is 1. The Bertz CT molecular complexity index is 177. The van der Waals surface area contributed by atoms with Crippen LogP contribution in [0.5, 0.6) is 0 Å². The van der Waals surface area contributed by atoms with Crippen molar-refractivity contribution in [3.05, 3.63) is 0 Å². The molecule has 62 valence electrons. The lowest BCUT2D eigenvalue weighted by molar-refractivity contribution is -0.142.